The number of aryl methyl sites for hydroxylation is 1. The van der Waals surface area contributed by atoms with E-state index in [-0.39, 0.29) is 36.4 Å². The molecule has 2 aromatic rings. The van der Waals surface area contributed by atoms with Crippen molar-refractivity contribution >= 4 is 29.1 Å². The molecule has 2 aliphatic heterocycles. The van der Waals surface area contributed by atoms with Crippen molar-refractivity contribution < 1.29 is 19.1 Å². The number of carbonyl (C=O) groups is 3. The molecule has 0 saturated carbocycles. The first-order valence-corrected chi connectivity index (χ1v) is 12.1. The largest absolute Gasteiger partial charge is 0.484 e. The number of rotatable bonds is 6. The third-order valence-corrected chi connectivity index (χ3v) is 6.78. The Kier molecular flexibility index (Phi) is 7.20. The maximum absolute atomic E-state index is 12.7. The summed E-state index contributed by atoms with van der Waals surface area (Å²) in [4.78, 5) is 41.1. The zero-order valence-corrected chi connectivity index (χ0v) is 20.2. The molecule has 2 aromatic carbocycles. The first-order valence-electron chi connectivity index (χ1n) is 12.1. The number of nitrogens with zero attached hydrogens (tertiary/aromatic N) is 2. The molecule has 2 atom stereocenters. The molecule has 2 aliphatic rings. The summed E-state index contributed by atoms with van der Waals surface area (Å²) in [6, 6.07) is 12.8. The van der Waals surface area contributed by atoms with Crippen molar-refractivity contribution in [1.29, 1.82) is 0 Å². The quantitative estimate of drug-likeness (QED) is 0.682. The van der Waals surface area contributed by atoms with E-state index in [1.807, 2.05) is 30.0 Å². The Morgan fingerprint density at radius 3 is 2.35 bits per heavy atom. The molecular weight excluding hydrogens is 430 g/mol. The van der Waals surface area contributed by atoms with Crippen LogP contribution in [0.1, 0.15) is 61.9 Å². The first kappa shape index (κ1) is 23.8. The summed E-state index contributed by atoms with van der Waals surface area (Å²) >= 11 is 0. The molecule has 0 bridgehead atoms. The van der Waals surface area contributed by atoms with Crippen LogP contribution in [-0.2, 0) is 9.59 Å². The molecule has 1 N–H and O–H groups in total. The van der Waals surface area contributed by atoms with Crippen LogP contribution in [0.3, 0.4) is 0 Å². The highest BCUT2D eigenvalue weighted by Gasteiger charge is 2.29. The van der Waals surface area contributed by atoms with E-state index in [9.17, 15) is 14.4 Å². The highest BCUT2D eigenvalue weighted by Crippen LogP contribution is 2.28. The predicted molar refractivity (Wildman–Crippen MR) is 132 cm³/mol. The predicted octanol–water partition coefficient (Wildman–Crippen LogP) is 4.54. The van der Waals surface area contributed by atoms with Gasteiger partial charge in [0.15, 0.2) is 6.61 Å². The summed E-state index contributed by atoms with van der Waals surface area (Å²) in [6.07, 6.45) is 4.67. The lowest BCUT2D eigenvalue weighted by atomic mass is 9.97. The molecule has 2 fully saturated rings. The van der Waals surface area contributed by atoms with Crippen LogP contribution >= 0.6 is 0 Å². The Bertz CT molecular complexity index is 1060. The van der Waals surface area contributed by atoms with Crippen molar-refractivity contribution in [3.05, 3.63) is 53.6 Å². The number of anilines is 2. The summed E-state index contributed by atoms with van der Waals surface area (Å²) in [7, 11) is 0. The van der Waals surface area contributed by atoms with Crippen molar-refractivity contribution in [1.82, 2.24) is 4.90 Å². The fraction of sp³-hybridized carbons (Fsp3) is 0.444. The molecule has 2 saturated heterocycles. The Morgan fingerprint density at radius 1 is 1.03 bits per heavy atom. The normalized spacial score (nSPS) is 20.4. The van der Waals surface area contributed by atoms with Crippen LogP contribution in [-0.4, -0.2) is 47.9 Å². The lowest BCUT2D eigenvalue weighted by molar-refractivity contribution is -0.139. The molecule has 0 spiro atoms. The van der Waals surface area contributed by atoms with Crippen LogP contribution < -0.4 is 15.0 Å². The molecular formula is C27H33N3O4. The molecule has 2 heterocycles. The Hall–Kier alpha value is -3.35. The van der Waals surface area contributed by atoms with Gasteiger partial charge in [-0.3, -0.25) is 14.4 Å². The molecule has 0 aliphatic carbocycles. The van der Waals surface area contributed by atoms with Gasteiger partial charge >= 0.3 is 0 Å². The van der Waals surface area contributed by atoms with E-state index in [1.54, 1.807) is 29.2 Å². The van der Waals surface area contributed by atoms with Crippen LogP contribution in [0.25, 0.3) is 0 Å². The highest BCUT2D eigenvalue weighted by molar-refractivity contribution is 6.04. The summed E-state index contributed by atoms with van der Waals surface area (Å²) < 4.78 is 5.70. The Labute approximate surface area is 201 Å². The third kappa shape index (κ3) is 5.24. The summed E-state index contributed by atoms with van der Waals surface area (Å²) in [5.74, 6) is 0.459. The molecule has 3 amide bonds. The second-order valence-electron chi connectivity index (χ2n) is 9.35. The van der Waals surface area contributed by atoms with Crippen LogP contribution in [0, 0.1) is 6.92 Å². The van der Waals surface area contributed by atoms with Crippen molar-refractivity contribution in [2.45, 2.75) is 65.0 Å². The smallest absolute Gasteiger partial charge is 0.260 e. The monoisotopic (exact) mass is 463 g/mol. The van der Waals surface area contributed by atoms with Gasteiger partial charge in [0.25, 0.3) is 11.8 Å². The van der Waals surface area contributed by atoms with E-state index in [0.717, 1.165) is 43.5 Å². The van der Waals surface area contributed by atoms with E-state index in [0.29, 0.717) is 23.4 Å². The van der Waals surface area contributed by atoms with Gasteiger partial charge in [0.2, 0.25) is 5.91 Å². The average molecular weight is 464 g/mol. The lowest BCUT2D eigenvalue weighted by Gasteiger charge is -2.38. The number of benzene rings is 2. The Balaban J connectivity index is 1.33. The summed E-state index contributed by atoms with van der Waals surface area (Å²) in [5, 5.41) is 2.91. The molecule has 34 heavy (non-hydrogen) atoms. The van der Waals surface area contributed by atoms with Crippen LogP contribution in [0.15, 0.2) is 42.5 Å². The summed E-state index contributed by atoms with van der Waals surface area (Å²) in [6.45, 7) is 6.84. The first-order chi connectivity index (χ1) is 16.3. The number of amides is 3. The summed E-state index contributed by atoms with van der Waals surface area (Å²) in [5.41, 5.74) is 3.01. The van der Waals surface area contributed by atoms with Gasteiger partial charge in [-0.05, 0) is 94.5 Å². The average Bonchev–Trinajstić information content (AvgIpc) is 3.23. The van der Waals surface area contributed by atoms with Crippen molar-refractivity contribution in [3.8, 4) is 5.75 Å². The van der Waals surface area contributed by atoms with Crippen LogP contribution in [0.5, 0.6) is 5.75 Å². The second kappa shape index (κ2) is 10.3. The van der Waals surface area contributed by atoms with Crippen LogP contribution in [0.2, 0.25) is 0 Å². The minimum atomic E-state index is -0.233. The molecule has 2 unspecified atom stereocenters. The highest BCUT2D eigenvalue weighted by atomic mass is 16.5. The topological polar surface area (TPSA) is 79.0 Å². The minimum absolute atomic E-state index is 0.00373. The molecule has 7 heteroatoms. The standard InChI is InChI=1S/C27H33N3O4/c1-18-16-22(11-14-24(18)29-15-5-8-25(29)31)28-27(33)21-9-12-23(13-10-21)34-17-26(32)30-19(2)6-4-7-20(30)3/h9-14,16,19-20H,4-8,15,17H2,1-3H3,(H,28,33). The van der Waals surface area contributed by atoms with Crippen molar-refractivity contribution in [2.75, 3.05) is 23.4 Å². The molecule has 4 rings (SSSR count). The maximum Gasteiger partial charge on any atom is 0.260 e. The number of hydrogen-bond acceptors (Lipinski definition) is 4. The SMILES string of the molecule is Cc1cc(NC(=O)c2ccc(OCC(=O)N3C(C)CCCC3C)cc2)ccc1N1CCCC1=O. The van der Waals surface area contributed by atoms with E-state index in [1.165, 1.54) is 0 Å². The number of nitrogens with one attached hydrogen (secondary N) is 1. The number of hydrogen-bond donors (Lipinski definition) is 1. The molecule has 0 aromatic heterocycles. The van der Waals surface area contributed by atoms with E-state index >= 15 is 0 Å². The van der Waals surface area contributed by atoms with Crippen molar-refractivity contribution in [3.63, 3.8) is 0 Å². The Morgan fingerprint density at radius 2 is 1.74 bits per heavy atom. The molecule has 0 radical (unpaired) electrons. The third-order valence-electron chi connectivity index (χ3n) is 6.78. The zero-order valence-electron chi connectivity index (χ0n) is 20.2. The minimum Gasteiger partial charge on any atom is -0.484 e. The van der Waals surface area contributed by atoms with Crippen molar-refractivity contribution in [2.24, 2.45) is 0 Å². The zero-order chi connectivity index (χ0) is 24.2. The number of ether oxygens (including phenoxy) is 1. The number of piperidine rings is 1. The van der Waals surface area contributed by atoms with Gasteiger partial charge in [-0.25, -0.2) is 0 Å². The van der Waals surface area contributed by atoms with Gasteiger partial charge < -0.3 is 19.9 Å². The molecule has 180 valence electrons. The lowest BCUT2D eigenvalue weighted by Crippen LogP contribution is -2.49. The van der Waals surface area contributed by atoms with Gasteiger partial charge in [-0.1, -0.05) is 0 Å². The maximum atomic E-state index is 12.7. The van der Waals surface area contributed by atoms with E-state index in [4.69, 9.17) is 4.74 Å². The number of likely N-dealkylation sites (tertiary alicyclic amines) is 1. The van der Waals surface area contributed by atoms with Gasteiger partial charge in [-0.2, -0.15) is 0 Å². The van der Waals surface area contributed by atoms with Gasteiger partial charge in [0.1, 0.15) is 5.75 Å². The fourth-order valence-electron chi connectivity index (χ4n) is 4.98. The van der Waals surface area contributed by atoms with E-state index < -0.39 is 0 Å². The van der Waals surface area contributed by atoms with Gasteiger partial charge in [-0.15, -0.1) is 0 Å². The fourth-order valence-corrected chi connectivity index (χ4v) is 4.98. The van der Waals surface area contributed by atoms with Gasteiger partial charge in [0.05, 0.1) is 0 Å². The molecule has 7 nitrogen and oxygen atoms in total. The number of carbonyl (C=O) groups excluding carboxylic acids is 3. The second-order valence-corrected chi connectivity index (χ2v) is 9.35. The van der Waals surface area contributed by atoms with E-state index in [2.05, 4.69) is 19.2 Å². The van der Waals surface area contributed by atoms with Crippen LogP contribution in [0.4, 0.5) is 11.4 Å². The van der Waals surface area contributed by atoms with Gasteiger partial charge in [0, 0.05) is 42.0 Å².